The number of hydrogen-bond acceptors (Lipinski definition) is 5. The van der Waals surface area contributed by atoms with Crippen molar-refractivity contribution >= 4 is 11.8 Å². The van der Waals surface area contributed by atoms with Crippen LogP contribution in [0.15, 0.2) is 35.9 Å². The largest absolute Gasteiger partial charge is 0.507 e. The van der Waals surface area contributed by atoms with E-state index in [1.807, 2.05) is 0 Å². The number of benzene rings is 1. The zero-order valence-electron chi connectivity index (χ0n) is 13.7. The van der Waals surface area contributed by atoms with Gasteiger partial charge < -0.3 is 14.6 Å². The number of rotatable bonds is 4. The van der Waals surface area contributed by atoms with Crippen molar-refractivity contribution in [1.29, 1.82) is 0 Å². The fourth-order valence-electron chi connectivity index (χ4n) is 2.36. The maximum Gasteiger partial charge on any atom is 0.334 e. The maximum absolute atomic E-state index is 12.1. The van der Waals surface area contributed by atoms with Crippen LogP contribution >= 0.6 is 0 Å². The highest BCUT2D eigenvalue weighted by molar-refractivity contribution is 5.97. The molecule has 122 valence electrons. The molecule has 23 heavy (non-hydrogen) atoms. The van der Waals surface area contributed by atoms with E-state index < -0.39 is 18.2 Å². The van der Waals surface area contributed by atoms with E-state index in [1.54, 1.807) is 26.8 Å². The zero-order chi connectivity index (χ0) is 17.3. The topological polar surface area (TPSA) is 72.8 Å². The van der Waals surface area contributed by atoms with Crippen LogP contribution in [-0.4, -0.2) is 23.0 Å². The number of allylic oxidation sites excluding steroid dienone is 1. The lowest BCUT2D eigenvalue weighted by Gasteiger charge is -2.19. The number of hydrogen-bond donors (Lipinski definition) is 1. The number of Topliss-reactive ketones (excluding diaryl/α,β-unsaturated/α-hetero) is 1. The van der Waals surface area contributed by atoms with Gasteiger partial charge in [-0.1, -0.05) is 12.7 Å². The van der Waals surface area contributed by atoms with Gasteiger partial charge in [0.1, 0.15) is 11.5 Å². The summed E-state index contributed by atoms with van der Waals surface area (Å²) in [5.41, 5.74) is 1.85. The van der Waals surface area contributed by atoms with E-state index in [4.69, 9.17) is 9.47 Å². The summed E-state index contributed by atoms with van der Waals surface area (Å²) in [7, 11) is 0. The second-order valence-electron chi connectivity index (χ2n) is 5.65. The van der Waals surface area contributed by atoms with Gasteiger partial charge in [-0.3, -0.25) is 4.79 Å². The standard InChI is InChI=1S/C18H20O5/c1-6-10(4)18(21)23-17-13-7-14(20)12(11(5)19)8-15(13)22-16(17)9(2)3/h6-8,16-17,20H,2H2,1,3-5H3/t16-,17+/m0/s1. The van der Waals surface area contributed by atoms with Crippen LogP contribution in [0.5, 0.6) is 11.5 Å². The van der Waals surface area contributed by atoms with Crippen LogP contribution < -0.4 is 4.74 Å². The molecule has 1 aliphatic rings. The molecule has 0 saturated heterocycles. The third kappa shape index (κ3) is 3.13. The van der Waals surface area contributed by atoms with E-state index >= 15 is 0 Å². The molecular weight excluding hydrogens is 296 g/mol. The van der Waals surface area contributed by atoms with Gasteiger partial charge in [0.05, 0.1) is 5.56 Å². The minimum Gasteiger partial charge on any atom is -0.507 e. The molecule has 2 atom stereocenters. The van der Waals surface area contributed by atoms with E-state index in [9.17, 15) is 14.7 Å². The Kier molecular flexibility index (Phi) is 4.59. The van der Waals surface area contributed by atoms with Crippen LogP contribution in [0.1, 0.15) is 49.7 Å². The fourth-order valence-corrected chi connectivity index (χ4v) is 2.36. The van der Waals surface area contributed by atoms with Gasteiger partial charge in [-0.05, 0) is 45.4 Å². The molecule has 0 unspecified atom stereocenters. The third-order valence-corrected chi connectivity index (χ3v) is 3.82. The van der Waals surface area contributed by atoms with Crippen molar-refractivity contribution in [1.82, 2.24) is 0 Å². The Morgan fingerprint density at radius 3 is 2.48 bits per heavy atom. The molecule has 5 nitrogen and oxygen atoms in total. The molecule has 0 fully saturated rings. The number of carbonyl (C=O) groups excluding carboxylic acids is 2. The average molecular weight is 316 g/mol. The van der Waals surface area contributed by atoms with Crippen molar-refractivity contribution in [2.45, 2.75) is 39.9 Å². The molecular formula is C18H20O5. The Labute approximate surface area is 135 Å². The Morgan fingerprint density at radius 2 is 1.96 bits per heavy atom. The number of phenolic OH excluding ortho intramolecular Hbond substituents is 1. The van der Waals surface area contributed by atoms with Gasteiger partial charge >= 0.3 is 5.97 Å². The highest BCUT2D eigenvalue weighted by atomic mass is 16.6. The van der Waals surface area contributed by atoms with Gasteiger partial charge in [0.2, 0.25) is 0 Å². The van der Waals surface area contributed by atoms with Gasteiger partial charge in [-0.15, -0.1) is 0 Å². The summed E-state index contributed by atoms with van der Waals surface area (Å²) in [4.78, 5) is 23.6. The first-order chi connectivity index (χ1) is 10.8. The second kappa shape index (κ2) is 6.28. The van der Waals surface area contributed by atoms with Crippen LogP contribution in [0.3, 0.4) is 0 Å². The van der Waals surface area contributed by atoms with Crippen LogP contribution in [0.2, 0.25) is 0 Å². The third-order valence-electron chi connectivity index (χ3n) is 3.82. The van der Waals surface area contributed by atoms with E-state index in [0.29, 0.717) is 22.5 Å². The van der Waals surface area contributed by atoms with Gasteiger partial charge in [0.25, 0.3) is 0 Å². The summed E-state index contributed by atoms with van der Waals surface area (Å²) in [6.07, 6.45) is 0.391. The first-order valence-corrected chi connectivity index (χ1v) is 7.30. The van der Waals surface area contributed by atoms with Crippen LogP contribution in [0, 0.1) is 0 Å². The average Bonchev–Trinajstić information content (AvgIpc) is 2.83. The van der Waals surface area contributed by atoms with E-state index in [1.165, 1.54) is 19.1 Å². The maximum atomic E-state index is 12.1. The van der Waals surface area contributed by atoms with Gasteiger partial charge in [-0.2, -0.15) is 0 Å². The quantitative estimate of drug-likeness (QED) is 0.398. The molecule has 0 saturated carbocycles. The van der Waals surface area contributed by atoms with E-state index in [-0.39, 0.29) is 17.1 Å². The zero-order valence-corrected chi connectivity index (χ0v) is 13.7. The van der Waals surface area contributed by atoms with Crippen LogP contribution in [-0.2, 0) is 9.53 Å². The number of aromatic hydroxyl groups is 1. The molecule has 2 rings (SSSR count). The number of carbonyl (C=O) groups is 2. The number of phenols is 1. The Hall–Kier alpha value is -2.56. The molecule has 1 aromatic rings. The minimum atomic E-state index is -0.711. The lowest BCUT2D eigenvalue weighted by atomic mass is 9.99. The molecule has 1 aliphatic heterocycles. The van der Waals surface area contributed by atoms with E-state index in [0.717, 1.165) is 0 Å². The summed E-state index contributed by atoms with van der Waals surface area (Å²) in [5, 5.41) is 10.0. The highest BCUT2D eigenvalue weighted by Gasteiger charge is 2.39. The second-order valence-corrected chi connectivity index (χ2v) is 5.65. The number of esters is 1. The molecule has 1 N–H and O–H groups in total. The fraction of sp³-hybridized carbons (Fsp3) is 0.333. The van der Waals surface area contributed by atoms with Crippen molar-refractivity contribution in [3.8, 4) is 11.5 Å². The molecule has 0 spiro atoms. The van der Waals surface area contributed by atoms with Crippen molar-refractivity contribution < 1.29 is 24.2 Å². The SMILES string of the molecule is C=C(C)[C@@H]1Oc2cc(C(C)=O)c(O)cc2[C@H]1OC(=O)C(C)=CC. The van der Waals surface area contributed by atoms with Crippen molar-refractivity contribution in [3.63, 3.8) is 0 Å². The smallest absolute Gasteiger partial charge is 0.334 e. The lowest BCUT2D eigenvalue weighted by molar-refractivity contribution is -0.146. The highest BCUT2D eigenvalue weighted by Crippen LogP contribution is 2.44. The monoisotopic (exact) mass is 316 g/mol. The van der Waals surface area contributed by atoms with Crippen molar-refractivity contribution in [2.75, 3.05) is 0 Å². The minimum absolute atomic E-state index is 0.161. The molecule has 1 aromatic carbocycles. The molecule has 0 radical (unpaired) electrons. The first kappa shape index (κ1) is 16.8. The van der Waals surface area contributed by atoms with Gasteiger partial charge in [0.15, 0.2) is 18.0 Å². The van der Waals surface area contributed by atoms with Crippen molar-refractivity contribution in [3.05, 3.63) is 47.1 Å². The molecule has 0 bridgehead atoms. The van der Waals surface area contributed by atoms with E-state index in [2.05, 4.69) is 6.58 Å². The Bertz CT molecular complexity index is 714. The summed E-state index contributed by atoms with van der Waals surface area (Å²) < 4.78 is 11.3. The van der Waals surface area contributed by atoms with Crippen LogP contribution in [0.4, 0.5) is 0 Å². The first-order valence-electron chi connectivity index (χ1n) is 7.30. The molecule has 5 heteroatoms. The normalized spacial score (nSPS) is 19.7. The Morgan fingerprint density at radius 1 is 1.30 bits per heavy atom. The molecule has 0 aliphatic carbocycles. The van der Waals surface area contributed by atoms with Gasteiger partial charge in [0, 0.05) is 11.1 Å². The summed E-state index contributed by atoms with van der Waals surface area (Å²) in [5.74, 6) is -0.482. The summed E-state index contributed by atoms with van der Waals surface area (Å²) in [6.45, 7) is 10.4. The lowest BCUT2D eigenvalue weighted by Crippen LogP contribution is -2.24. The molecule has 0 aromatic heterocycles. The molecule has 1 heterocycles. The number of fused-ring (bicyclic) bond motifs is 1. The van der Waals surface area contributed by atoms with Gasteiger partial charge in [-0.25, -0.2) is 4.79 Å². The molecule has 0 amide bonds. The number of ether oxygens (including phenoxy) is 2. The predicted octanol–water partition coefficient (Wildman–Crippen LogP) is 3.48. The van der Waals surface area contributed by atoms with Crippen LogP contribution in [0.25, 0.3) is 0 Å². The van der Waals surface area contributed by atoms with Crippen molar-refractivity contribution in [2.24, 2.45) is 0 Å². The predicted molar refractivity (Wildman–Crippen MR) is 85.6 cm³/mol. The Balaban J connectivity index is 2.45. The summed E-state index contributed by atoms with van der Waals surface area (Å²) in [6, 6.07) is 2.89. The summed E-state index contributed by atoms with van der Waals surface area (Å²) >= 11 is 0. The number of ketones is 1.